The van der Waals surface area contributed by atoms with E-state index in [-0.39, 0.29) is 5.56 Å². The highest BCUT2D eigenvalue weighted by molar-refractivity contribution is 5.88. The van der Waals surface area contributed by atoms with Crippen molar-refractivity contribution >= 4 is 11.5 Å². The lowest BCUT2D eigenvalue weighted by Gasteiger charge is -2.20. The topological polar surface area (TPSA) is 74.1 Å². The van der Waals surface area contributed by atoms with Gasteiger partial charge in [0.15, 0.2) is 0 Å². The number of hydrogen-bond acceptors (Lipinski definition) is 4. The van der Waals surface area contributed by atoms with Gasteiger partial charge >= 0.3 is 5.97 Å². The number of fused-ring (bicyclic) bond motifs is 1. The number of nitrogens with one attached hydrogen (secondary N) is 1. The maximum atomic E-state index is 12.2. The monoisotopic (exact) mass is 301 g/mol. The minimum absolute atomic E-state index is 0.174. The summed E-state index contributed by atoms with van der Waals surface area (Å²) in [5, 5.41) is 12.6. The zero-order valence-electron chi connectivity index (χ0n) is 12.3. The SMILES string of the molecule is O=C(O)c1cc(CN2CCCNCC2)c2ccccn2c1=O. The number of hydrogen-bond donors (Lipinski definition) is 2. The number of carboxylic acid groups (broad SMARTS) is 1. The Kier molecular flexibility index (Phi) is 4.22. The third kappa shape index (κ3) is 2.88. The molecule has 0 bridgehead atoms. The largest absolute Gasteiger partial charge is 0.477 e. The van der Waals surface area contributed by atoms with E-state index in [1.54, 1.807) is 12.3 Å². The maximum absolute atomic E-state index is 12.2. The summed E-state index contributed by atoms with van der Waals surface area (Å²) in [4.78, 5) is 25.8. The average Bonchev–Trinajstić information content (AvgIpc) is 2.78. The quantitative estimate of drug-likeness (QED) is 0.877. The van der Waals surface area contributed by atoms with Gasteiger partial charge in [0.25, 0.3) is 5.56 Å². The fourth-order valence-corrected chi connectivity index (χ4v) is 2.90. The number of carboxylic acids is 1. The maximum Gasteiger partial charge on any atom is 0.341 e. The Hall–Kier alpha value is -2.18. The standard InChI is InChI=1S/C16H19N3O3/c20-15-13(16(21)22)10-12(14-4-1-2-8-19(14)15)11-18-7-3-5-17-6-9-18/h1-2,4,8,10,17H,3,5-7,9,11H2,(H,21,22). The van der Waals surface area contributed by atoms with Crippen LogP contribution in [0.1, 0.15) is 22.3 Å². The third-order valence-electron chi connectivity index (χ3n) is 4.01. The van der Waals surface area contributed by atoms with Gasteiger partial charge in [-0.15, -0.1) is 0 Å². The zero-order chi connectivity index (χ0) is 15.5. The molecule has 2 aromatic heterocycles. The predicted molar refractivity (Wildman–Crippen MR) is 83.4 cm³/mol. The van der Waals surface area contributed by atoms with E-state index in [0.29, 0.717) is 6.54 Å². The minimum Gasteiger partial charge on any atom is -0.477 e. The van der Waals surface area contributed by atoms with Gasteiger partial charge in [-0.2, -0.15) is 0 Å². The molecule has 0 amide bonds. The highest BCUT2D eigenvalue weighted by atomic mass is 16.4. The van der Waals surface area contributed by atoms with Crippen molar-refractivity contribution in [2.45, 2.75) is 13.0 Å². The smallest absolute Gasteiger partial charge is 0.341 e. The van der Waals surface area contributed by atoms with E-state index in [1.165, 1.54) is 10.5 Å². The van der Waals surface area contributed by atoms with Crippen LogP contribution in [0.4, 0.5) is 0 Å². The Morgan fingerprint density at radius 3 is 2.95 bits per heavy atom. The molecule has 2 N–H and O–H groups in total. The van der Waals surface area contributed by atoms with Crippen molar-refractivity contribution in [3.63, 3.8) is 0 Å². The molecule has 1 aliphatic rings. The van der Waals surface area contributed by atoms with E-state index in [2.05, 4.69) is 10.2 Å². The van der Waals surface area contributed by atoms with E-state index >= 15 is 0 Å². The molecular formula is C16H19N3O3. The molecule has 6 heteroatoms. The molecule has 1 aliphatic heterocycles. The molecule has 0 unspecified atom stereocenters. The van der Waals surface area contributed by atoms with Crippen LogP contribution in [0.25, 0.3) is 5.52 Å². The number of pyridine rings is 2. The van der Waals surface area contributed by atoms with Crippen LogP contribution in [-0.4, -0.2) is 46.6 Å². The van der Waals surface area contributed by atoms with Gasteiger partial charge in [0.1, 0.15) is 5.56 Å². The Balaban J connectivity index is 2.05. The van der Waals surface area contributed by atoms with Crippen LogP contribution < -0.4 is 10.9 Å². The van der Waals surface area contributed by atoms with Crippen molar-refractivity contribution in [1.82, 2.24) is 14.6 Å². The Labute approximate surface area is 128 Å². The van der Waals surface area contributed by atoms with Crippen LogP contribution in [0.5, 0.6) is 0 Å². The summed E-state index contributed by atoms with van der Waals surface area (Å²) in [6.45, 7) is 4.46. The molecule has 22 heavy (non-hydrogen) atoms. The first-order valence-corrected chi connectivity index (χ1v) is 7.46. The molecule has 3 rings (SSSR count). The fourth-order valence-electron chi connectivity index (χ4n) is 2.90. The van der Waals surface area contributed by atoms with E-state index in [4.69, 9.17) is 0 Å². The summed E-state index contributed by atoms with van der Waals surface area (Å²) < 4.78 is 1.43. The highest BCUT2D eigenvalue weighted by Gasteiger charge is 2.17. The molecular weight excluding hydrogens is 282 g/mol. The first-order valence-electron chi connectivity index (χ1n) is 7.46. The molecule has 0 saturated carbocycles. The first kappa shape index (κ1) is 14.7. The lowest BCUT2D eigenvalue weighted by Crippen LogP contribution is -2.29. The van der Waals surface area contributed by atoms with E-state index < -0.39 is 11.5 Å². The molecule has 0 aliphatic carbocycles. The van der Waals surface area contributed by atoms with Gasteiger partial charge < -0.3 is 10.4 Å². The van der Waals surface area contributed by atoms with Gasteiger partial charge in [-0.05, 0) is 43.3 Å². The van der Waals surface area contributed by atoms with Crippen LogP contribution in [0.3, 0.4) is 0 Å². The van der Waals surface area contributed by atoms with Gasteiger partial charge in [-0.1, -0.05) is 6.07 Å². The molecule has 1 fully saturated rings. The number of rotatable bonds is 3. The number of nitrogens with zero attached hydrogens (tertiary/aromatic N) is 2. The van der Waals surface area contributed by atoms with Crippen molar-refractivity contribution in [3.8, 4) is 0 Å². The summed E-state index contributed by atoms with van der Waals surface area (Å²) in [5.41, 5.74) is 0.991. The van der Waals surface area contributed by atoms with Crippen molar-refractivity contribution in [2.75, 3.05) is 26.2 Å². The van der Waals surface area contributed by atoms with Crippen LogP contribution in [0.15, 0.2) is 35.3 Å². The lowest BCUT2D eigenvalue weighted by molar-refractivity contribution is 0.0694. The van der Waals surface area contributed by atoms with Gasteiger partial charge in [-0.25, -0.2) is 4.79 Å². The molecule has 6 nitrogen and oxygen atoms in total. The third-order valence-corrected chi connectivity index (χ3v) is 4.01. The lowest BCUT2D eigenvalue weighted by atomic mass is 10.1. The molecule has 0 atom stereocenters. The van der Waals surface area contributed by atoms with Gasteiger partial charge in [0.05, 0.1) is 5.52 Å². The van der Waals surface area contributed by atoms with Crippen molar-refractivity contribution in [1.29, 1.82) is 0 Å². The minimum atomic E-state index is -1.18. The Bertz CT molecular complexity index is 746. The van der Waals surface area contributed by atoms with Crippen molar-refractivity contribution in [3.05, 3.63) is 51.9 Å². The summed E-state index contributed by atoms with van der Waals surface area (Å²) in [5.74, 6) is -1.18. The summed E-state index contributed by atoms with van der Waals surface area (Å²) >= 11 is 0. The second kappa shape index (κ2) is 6.29. The van der Waals surface area contributed by atoms with Gasteiger partial charge in [-0.3, -0.25) is 14.1 Å². The highest BCUT2D eigenvalue weighted by Crippen LogP contribution is 2.14. The van der Waals surface area contributed by atoms with Crippen LogP contribution in [-0.2, 0) is 6.54 Å². The van der Waals surface area contributed by atoms with Crippen molar-refractivity contribution in [2.24, 2.45) is 0 Å². The van der Waals surface area contributed by atoms with Crippen molar-refractivity contribution < 1.29 is 9.90 Å². The zero-order valence-corrected chi connectivity index (χ0v) is 12.3. The van der Waals surface area contributed by atoms with Gasteiger partial charge in [0.2, 0.25) is 0 Å². The normalized spacial score (nSPS) is 16.5. The van der Waals surface area contributed by atoms with Crippen LogP contribution in [0, 0.1) is 0 Å². The summed E-state index contributed by atoms with van der Waals surface area (Å²) in [7, 11) is 0. The Morgan fingerprint density at radius 1 is 1.27 bits per heavy atom. The van der Waals surface area contributed by atoms with Crippen LogP contribution >= 0.6 is 0 Å². The molecule has 2 aromatic rings. The second-order valence-corrected chi connectivity index (χ2v) is 5.53. The second-order valence-electron chi connectivity index (χ2n) is 5.53. The fraction of sp³-hybridized carbons (Fsp3) is 0.375. The molecule has 0 aromatic carbocycles. The average molecular weight is 301 g/mol. The molecule has 116 valence electrons. The van der Waals surface area contributed by atoms with E-state index in [1.807, 2.05) is 12.1 Å². The number of carbonyl (C=O) groups is 1. The predicted octanol–water partition coefficient (Wildman–Crippen LogP) is 0.793. The molecule has 0 radical (unpaired) electrons. The molecule has 3 heterocycles. The number of aromatic nitrogens is 1. The van der Waals surface area contributed by atoms with E-state index in [9.17, 15) is 14.7 Å². The van der Waals surface area contributed by atoms with E-state index in [0.717, 1.165) is 43.7 Å². The summed E-state index contributed by atoms with van der Waals surface area (Å²) in [6.07, 6.45) is 2.69. The molecule has 0 spiro atoms. The van der Waals surface area contributed by atoms with Gasteiger partial charge in [0, 0.05) is 25.8 Å². The number of aromatic carboxylic acids is 1. The first-order chi connectivity index (χ1) is 10.7. The summed E-state index contributed by atoms with van der Waals surface area (Å²) in [6, 6.07) is 6.99. The van der Waals surface area contributed by atoms with Crippen LogP contribution in [0.2, 0.25) is 0 Å². The Morgan fingerprint density at radius 2 is 2.14 bits per heavy atom. The molecule has 1 saturated heterocycles.